The van der Waals surface area contributed by atoms with Gasteiger partial charge >= 0.3 is 0 Å². The summed E-state index contributed by atoms with van der Waals surface area (Å²) in [5.41, 5.74) is 10.4. The van der Waals surface area contributed by atoms with Crippen LogP contribution in [0.1, 0.15) is 35.6 Å². The predicted octanol–water partition coefficient (Wildman–Crippen LogP) is 3.15. The minimum Gasteiger partial charge on any atom is -0.381 e. The van der Waals surface area contributed by atoms with Crippen LogP contribution in [-0.2, 0) is 4.74 Å². The van der Waals surface area contributed by atoms with Gasteiger partial charge in [0, 0.05) is 19.3 Å². The zero-order valence-corrected chi connectivity index (χ0v) is 11.4. The first-order chi connectivity index (χ1) is 7.70. The maximum absolute atomic E-state index is 6.42. The molecular formula is C14H22ClNO. The molecule has 17 heavy (non-hydrogen) atoms. The number of rotatable bonds is 2. The average Bonchev–Trinajstić information content (AvgIpc) is 2.30. The molecule has 1 saturated heterocycles. The Labute approximate surface area is 110 Å². The first kappa shape index (κ1) is 14.5. The number of nitrogens with two attached hydrogens (primary N) is 1. The highest BCUT2D eigenvalue weighted by molar-refractivity contribution is 5.85. The Morgan fingerprint density at radius 2 is 1.71 bits per heavy atom. The summed E-state index contributed by atoms with van der Waals surface area (Å²) in [6.07, 6.45) is 2.18. The lowest BCUT2D eigenvalue weighted by molar-refractivity contribution is 0.0582. The third kappa shape index (κ3) is 3.21. The van der Waals surface area contributed by atoms with Gasteiger partial charge in [-0.15, -0.1) is 12.4 Å². The number of hydrogen-bond donors (Lipinski definition) is 1. The van der Waals surface area contributed by atoms with Gasteiger partial charge in [-0.25, -0.2) is 0 Å². The van der Waals surface area contributed by atoms with Crippen molar-refractivity contribution in [2.24, 2.45) is 11.7 Å². The molecule has 96 valence electrons. The average molecular weight is 256 g/mol. The summed E-state index contributed by atoms with van der Waals surface area (Å²) in [5, 5.41) is 0. The summed E-state index contributed by atoms with van der Waals surface area (Å²) < 4.78 is 5.39. The van der Waals surface area contributed by atoms with Crippen LogP contribution in [0.4, 0.5) is 0 Å². The molecule has 1 atom stereocenters. The number of hydrogen-bond acceptors (Lipinski definition) is 2. The van der Waals surface area contributed by atoms with Crippen molar-refractivity contribution < 1.29 is 4.74 Å². The van der Waals surface area contributed by atoms with Gasteiger partial charge in [-0.05, 0) is 49.3 Å². The normalized spacial score (nSPS) is 18.5. The predicted molar refractivity (Wildman–Crippen MR) is 73.6 cm³/mol. The molecule has 1 fully saturated rings. The molecule has 3 heteroatoms. The Balaban J connectivity index is 0.00000144. The minimum atomic E-state index is 0. The summed E-state index contributed by atoms with van der Waals surface area (Å²) in [6.45, 7) is 6.04. The van der Waals surface area contributed by atoms with E-state index < -0.39 is 0 Å². The lowest BCUT2D eigenvalue weighted by atomic mass is 9.84. The van der Waals surface area contributed by atoms with Crippen molar-refractivity contribution in [2.45, 2.75) is 32.7 Å². The van der Waals surface area contributed by atoms with E-state index in [4.69, 9.17) is 10.5 Å². The second-order valence-corrected chi connectivity index (χ2v) is 4.78. The molecule has 1 aliphatic heterocycles. The van der Waals surface area contributed by atoms with Crippen molar-refractivity contribution in [2.75, 3.05) is 13.2 Å². The lowest BCUT2D eigenvalue weighted by Gasteiger charge is -2.29. The Morgan fingerprint density at radius 3 is 2.24 bits per heavy atom. The molecule has 0 saturated carbocycles. The molecule has 1 aromatic rings. The molecule has 1 aromatic carbocycles. The topological polar surface area (TPSA) is 35.2 Å². The fourth-order valence-electron chi connectivity index (χ4n) is 2.66. The molecule has 0 bridgehead atoms. The van der Waals surface area contributed by atoms with Crippen molar-refractivity contribution >= 4 is 12.4 Å². The highest BCUT2D eigenvalue weighted by Crippen LogP contribution is 2.31. The van der Waals surface area contributed by atoms with Gasteiger partial charge in [-0.2, -0.15) is 0 Å². The van der Waals surface area contributed by atoms with Gasteiger partial charge in [0.25, 0.3) is 0 Å². The van der Waals surface area contributed by atoms with Crippen molar-refractivity contribution in [1.82, 2.24) is 0 Å². The molecule has 0 amide bonds. The van der Waals surface area contributed by atoms with E-state index in [0.29, 0.717) is 5.92 Å². The summed E-state index contributed by atoms with van der Waals surface area (Å²) in [6, 6.07) is 6.58. The van der Waals surface area contributed by atoms with E-state index in [9.17, 15) is 0 Å². The van der Waals surface area contributed by atoms with Crippen LogP contribution in [0.5, 0.6) is 0 Å². The fourth-order valence-corrected chi connectivity index (χ4v) is 2.66. The quantitative estimate of drug-likeness (QED) is 0.881. The molecule has 2 N–H and O–H groups in total. The van der Waals surface area contributed by atoms with Crippen LogP contribution in [0.2, 0.25) is 0 Å². The van der Waals surface area contributed by atoms with E-state index in [1.807, 2.05) is 0 Å². The number of halogens is 1. The first-order valence-electron chi connectivity index (χ1n) is 6.09. The third-order valence-corrected chi connectivity index (χ3v) is 3.65. The van der Waals surface area contributed by atoms with Crippen molar-refractivity contribution in [3.05, 3.63) is 34.9 Å². The van der Waals surface area contributed by atoms with E-state index in [1.165, 1.54) is 16.7 Å². The van der Waals surface area contributed by atoms with Crippen LogP contribution in [0.15, 0.2) is 18.2 Å². The standard InChI is InChI=1S/C14H21NO.ClH/c1-10-4-3-5-11(2)13(10)14(15)12-6-8-16-9-7-12;/h3-5,12,14H,6-9,15H2,1-2H3;1H/t14-;/m1./s1. The van der Waals surface area contributed by atoms with Crippen molar-refractivity contribution in [3.63, 3.8) is 0 Å². The van der Waals surface area contributed by atoms with Gasteiger partial charge in [0.2, 0.25) is 0 Å². The summed E-state index contributed by atoms with van der Waals surface area (Å²) in [7, 11) is 0. The Morgan fingerprint density at radius 1 is 1.18 bits per heavy atom. The van der Waals surface area contributed by atoms with Crippen LogP contribution < -0.4 is 5.73 Å². The molecule has 0 aromatic heterocycles. The molecule has 2 nitrogen and oxygen atoms in total. The van der Waals surface area contributed by atoms with E-state index >= 15 is 0 Å². The lowest BCUT2D eigenvalue weighted by Crippen LogP contribution is -2.28. The zero-order chi connectivity index (χ0) is 11.5. The SMILES string of the molecule is Cc1cccc(C)c1[C@H](N)C1CCOCC1.Cl. The molecular weight excluding hydrogens is 234 g/mol. The molecule has 1 heterocycles. The summed E-state index contributed by atoms with van der Waals surface area (Å²) in [5.74, 6) is 0.577. The van der Waals surface area contributed by atoms with E-state index in [2.05, 4.69) is 32.0 Å². The van der Waals surface area contributed by atoms with Crippen molar-refractivity contribution in [3.8, 4) is 0 Å². The van der Waals surface area contributed by atoms with Crippen molar-refractivity contribution in [1.29, 1.82) is 0 Å². The summed E-state index contributed by atoms with van der Waals surface area (Å²) in [4.78, 5) is 0. The van der Waals surface area contributed by atoms with Gasteiger partial charge in [-0.3, -0.25) is 0 Å². The van der Waals surface area contributed by atoms with Crippen LogP contribution in [-0.4, -0.2) is 13.2 Å². The van der Waals surface area contributed by atoms with Crippen LogP contribution in [0.3, 0.4) is 0 Å². The second-order valence-electron chi connectivity index (χ2n) is 4.78. The molecule has 0 unspecified atom stereocenters. The van der Waals surface area contributed by atoms with Crippen LogP contribution in [0, 0.1) is 19.8 Å². The monoisotopic (exact) mass is 255 g/mol. The number of aryl methyl sites for hydroxylation is 2. The Bertz CT molecular complexity index is 341. The molecule has 1 aliphatic rings. The zero-order valence-electron chi connectivity index (χ0n) is 10.6. The fraction of sp³-hybridized carbons (Fsp3) is 0.571. The highest BCUT2D eigenvalue weighted by atomic mass is 35.5. The van der Waals surface area contributed by atoms with Crippen LogP contribution >= 0.6 is 12.4 Å². The number of ether oxygens (including phenoxy) is 1. The molecule has 0 radical (unpaired) electrons. The van der Waals surface area contributed by atoms with E-state index in [0.717, 1.165) is 26.1 Å². The van der Waals surface area contributed by atoms with E-state index in [-0.39, 0.29) is 18.4 Å². The van der Waals surface area contributed by atoms with Gasteiger partial charge < -0.3 is 10.5 Å². The smallest absolute Gasteiger partial charge is 0.0469 e. The van der Waals surface area contributed by atoms with E-state index in [1.54, 1.807) is 0 Å². The van der Waals surface area contributed by atoms with Gasteiger partial charge in [0.1, 0.15) is 0 Å². The van der Waals surface area contributed by atoms with Gasteiger partial charge in [0.15, 0.2) is 0 Å². The maximum atomic E-state index is 6.42. The molecule has 2 rings (SSSR count). The minimum absolute atomic E-state index is 0. The molecule has 0 spiro atoms. The molecule has 0 aliphatic carbocycles. The third-order valence-electron chi connectivity index (χ3n) is 3.65. The maximum Gasteiger partial charge on any atom is 0.0469 e. The summed E-state index contributed by atoms with van der Waals surface area (Å²) >= 11 is 0. The largest absolute Gasteiger partial charge is 0.381 e. The van der Waals surface area contributed by atoms with Gasteiger partial charge in [0.05, 0.1) is 0 Å². The second kappa shape index (κ2) is 6.39. The Hall–Kier alpha value is -0.570. The van der Waals surface area contributed by atoms with Gasteiger partial charge in [-0.1, -0.05) is 18.2 Å². The highest BCUT2D eigenvalue weighted by Gasteiger charge is 2.24. The Kier molecular flexibility index (Phi) is 5.44. The number of benzene rings is 1. The first-order valence-corrected chi connectivity index (χ1v) is 6.09. The van der Waals surface area contributed by atoms with Crippen LogP contribution in [0.25, 0.3) is 0 Å².